The van der Waals surface area contributed by atoms with Crippen molar-refractivity contribution in [3.05, 3.63) is 46.7 Å². The van der Waals surface area contributed by atoms with Gasteiger partial charge in [-0.1, -0.05) is 17.4 Å². The summed E-state index contributed by atoms with van der Waals surface area (Å²) in [6.45, 7) is 3.69. The smallest absolute Gasteiger partial charge is 0.341 e. The molecule has 5 rings (SSSR count). The first-order chi connectivity index (χ1) is 18.1. The van der Waals surface area contributed by atoms with Crippen LogP contribution in [0.25, 0.3) is 10.9 Å². The molecule has 1 aromatic carbocycles. The summed E-state index contributed by atoms with van der Waals surface area (Å²) < 4.78 is 30.7. The minimum absolute atomic E-state index is 0.0858. The van der Waals surface area contributed by atoms with Gasteiger partial charge in [-0.15, -0.1) is 0 Å². The highest BCUT2D eigenvalue weighted by atomic mass is 32.1. The van der Waals surface area contributed by atoms with Gasteiger partial charge < -0.3 is 15.5 Å². The van der Waals surface area contributed by atoms with Crippen LogP contribution in [0.5, 0.6) is 0 Å². The lowest BCUT2D eigenvalue weighted by molar-refractivity contribution is -0.133. The van der Waals surface area contributed by atoms with E-state index in [1.165, 1.54) is 11.3 Å². The van der Waals surface area contributed by atoms with Gasteiger partial charge in [0.05, 0.1) is 23.6 Å². The number of nitrogens with zero attached hydrogens (tertiary/aromatic N) is 5. The summed E-state index contributed by atoms with van der Waals surface area (Å²) in [7, 11) is 0. The zero-order chi connectivity index (χ0) is 27.4. The highest BCUT2D eigenvalue weighted by Crippen LogP contribution is 2.29. The van der Waals surface area contributed by atoms with Gasteiger partial charge in [0, 0.05) is 30.2 Å². The SMILES string of the molecule is Cc1cn(C(C)C(=O)N2CCCC2)nc1Nc1ncc(C(=O)Nc2c(C)ccc3[nH]ncc23)s1.FC(F)F. The topological polar surface area (TPSA) is 121 Å². The first kappa shape index (κ1) is 27.1. The van der Waals surface area contributed by atoms with Crippen LogP contribution >= 0.6 is 11.3 Å². The standard InChI is InChI=1S/C23H26N8O2S.CHF3/c1-13-6-7-17-16(10-25-28-17)19(13)26-21(32)18-11-24-23(34-18)27-20-14(2)12-31(29-20)15(3)22(33)30-8-4-5-9-30;2-1(3)4/h6-7,10-12,15H,4-5,8-9H2,1-3H3,(H,25,28)(H,26,32)(H,24,27,29);1H. The number of likely N-dealkylation sites (tertiary alicyclic amines) is 1. The van der Waals surface area contributed by atoms with Crippen LogP contribution in [0.3, 0.4) is 0 Å². The van der Waals surface area contributed by atoms with Crippen molar-refractivity contribution < 1.29 is 22.8 Å². The van der Waals surface area contributed by atoms with Crippen LogP contribution in [0.1, 0.15) is 46.6 Å². The number of rotatable bonds is 6. The van der Waals surface area contributed by atoms with Crippen molar-refractivity contribution in [3.8, 4) is 0 Å². The van der Waals surface area contributed by atoms with E-state index in [0.29, 0.717) is 15.8 Å². The zero-order valence-electron chi connectivity index (χ0n) is 21.0. The Labute approximate surface area is 220 Å². The second-order valence-electron chi connectivity index (χ2n) is 8.79. The van der Waals surface area contributed by atoms with E-state index < -0.39 is 6.68 Å². The number of hydrogen-bond acceptors (Lipinski definition) is 7. The van der Waals surface area contributed by atoms with Gasteiger partial charge in [-0.2, -0.15) is 23.4 Å². The molecular formula is C24H27F3N8O2S. The fraction of sp³-hybridized carbons (Fsp3) is 0.375. The first-order valence-electron chi connectivity index (χ1n) is 11.9. The summed E-state index contributed by atoms with van der Waals surface area (Å²) in [4.78, 5) is 32.3. The average Bonchev–Trinajstić information content (AvgIpc) is 3.68. The predicted molar refractivity (Wildman–Crippen MR) is 139 cm³/mol. The first-order valence-corrected chi connectivity index (χ1v) is 12.7. The van der Waals surface area contributed by atoms with Crippen LogP contribution < -0.4 is 10.6 Å². The normalized spacial score (nSPS) is 13.9. The molecule has 1 fully saturated rings. The van der Waals surface area contributed by atoms with Crippen molar-refractivity contribution in [1.29, 1.82) is 0 Å². The van der Waals surface area contributed by atoms with E-state index in [1.54, 1.807) is 17.1 Å². The van der Waals surface area contributed by atoms with Crippen molar-refractivity contribution in [1.82, 2.24) is 29.9 Å². The van der Waals surface area contributed by atoms with Crippen LogP contribution in [0.15, 0.2) is 30.7 Å². The maximum atomic E-state index is 12.9. The third kappa shape index (κ3) is 6.13. The van der Waals surface area contributed by atoms with E-state index in [0.717, 1.165) is 53.6 Å². The number of aromatic nitrogens is 5. The van der Waals surface area contributed by atoms with Crippen molar-refractivity contribution in [2.24, 2.45) is 0 Å². The van der Waals surface area contributed by atoms with Gasteiger partial charge in [0.1, 0.15) is 10.9 Å². The molecular weight excluding hydrogens is 521 g/mol. The molecule has 0 saturated carbocycles. The number of carbonyl (C=O) groups is 2. The summed E-state index contributed by atoms with van der Waals surface area (Å²) in [5, 5.41) is 19.1. The Hall–Kier alpha value is -3.94. The van der Waals surface area contributed by atoms with Gasteiger partial charge in [0.2, 0.25) is 5.91 Å². The van der Waals surface area contributed by atoms with Gasteiger partial charge in [0.15, 0.2) is 10.9 Å². The Kier molecular flexibility index (Phi) is 8.29. The van der Waals surface area contributed by atoms with E-state index in [2.05, 4.69) is 30.9 Å². The molecule has 0 spiro atoms. The fourth-order valence-corrected chi connectivity index (χ4v) is 4.84. The molecule has 14 heteroatoms. The van der Waals surface area contributed by atoms with Crippen molar-refractivity contribution in [2.75, 3.05) is 23.7 Å². The molecule has 202 valence electrons. The van der Waals surface area contributed by atoms with Crippen molar-refractivity contribution in [2.45, 2.75) is 46.3 Å². The van der Waals surface area contributed by atoms with Gasteiger partial charge >= 0.3 is 6.68 Å². The predicted octanol–water partition coefficient (Wildman–Crippen LogP) is 5.19. The third-order valence-corrected chi connectivity index (χ3v) is 7.02. The lowest BCUT2D eigenvalue weighted by atomic mass is 10.1. The molecule has 0 radical (unpaired) electrons. The number of aromatic amines is 1. The molecule has 0 aliphatic carbocycles. The molecule has 1 aliphatic rings. The number of aryl methyl sites for hydroxylation is 2. The molecule has 1 unspecified atom stereocenters. The third-order valence-electron chi connectivity index (χ3n) is 6.11. The van der Waals surface area contributed by atoms with Gasteiger partial charge in [0.25, 0.3) is 5.91 Å². The molecule has 10 nitrogen and oxygen atoms in total. The second-order valence-corrected chi connectivity index (χ2v) is 9.82. The highest BCUT2D eigenvalue weighted by Gasteiger charge is 2.25. The number of alkyl halides is 3. The van der Waals surface area contributed by atoms with Crippen LogP contribution in [0, 0.1) is 13.8 Å². The van der Waals surface area contributed by atoms with Crippen LogP contribution in [0.2, 0.25) is 0 Å². The Morgan fingerprint density at radius 2 is 1.82 bits per heavy atom. The molecule has 1 saturated heterocycles. The molecule has 38 heavy (non-hydrogen) atoms. The number of H-pyrrole nitrogens is 1. The van der Waals surface area contributed by atoms with Gasteiger partial charge in [-0.3, -0.25) is 19.4 Å². The number of fused-ring (bicyclic) bond motifs is 1. The molecule has 1 atom stereocenters. The van der Waals surface area contributed by atoms with E-state index in [1.807, 2.05) is 44.0 Å². The number of benzene rings is 1. The minimum Gasteiger partial charge on any atom is -0.341 e. The summed E-state index contributed by atoms with van der Waals surface area (Å²) in [6, 6.07) is 3.49. The number of carbonyl (C=O) groups excluding carboxylic acids is 2. The maximum Gasteiger partial charge on any atom is 0.379 e. The number of nitrogens with one attached hydrogen (secondary N) is 3. The number of halogens is 3. The Bertz CT molecular complexity index is 1420. The van der Waals surface area contributed by atoms with Gasteiger partial charge in [-0.05, 0) is 45.2 Å². The number of thiazole rings is 1. The molecule has 2 amide bonds. The maximum absolute atomic E-state index is 12.9. The van der Waals surface area contributed by atoms with Crippen LogP contribution in [0.4, 0.5) is 29.8 Å². The lowest BCUT2D eigenvalue weighted by Gasteiger charge is -2.20. The Morgan fingerprint density at radius 1 is 1.11 bits per heavy atom. The molecule has 0 bridgehead atoms. The number of hydrogen-bond donors (Lipinski definition) is 3. The number of anilines is 3. The summed E-state index contributed by atoms with van der Waals surface area (Å²) in [5.74, 6) is 0.457. The highest BCUT2D eigenvalue weighted by molar-refractivity contribution is 7.17. The second kappa shape index (κ2) is 11.6. The largest absolute Gasteiger partial charge is 0.379 e. The van der Waals surface area contributed by atoms with E-state index in [9.17, 15) is 22.8 Å². The zero-order valence-corrected chi connectivity index (χ0v) is 21.8. The lowest BCUT2D eigenvalue weighted by Crippen LogP contribution is -2.34. The molecule has 4 aromatic rings. The minimum atomic E-state index is -3.67. The summed E-state index contributed by atoms with van der Waals surface area (Å²) in [6.07, 6.45) is 7.21. The van der Waals surface area contributed by atoms with Crippen LogP contribution in [-0.4, -0.2) is 61.4 Å². The Balaban J connectivity index is 0.000000786. The molecule has 1 aliphatic heterocycles. The summed E-state index contributed by atoms with van der Waals surface area (Å²) in [5.41, 5.74) is 3.43. The molecule has 3 N–H and O–H groups in total. The van der Waals surface area contributed by atoms with Crippen molar-refractivity contribution in [3.63, 3.8) is 0 Å². The van der Waals surface area contributed by atoms with E-state index in [-0.39, 0.29) is 17.9 Å². The Morgan fingerprint density at radius 3 is 2.53 bits per heavy atom. The van der Waals surface area contributed by atoms with Gasteiger partial charge in [-0.25, -0.2) is 4.98 Å². The number of amides is 2. The van der Waals surface area contributed by atoms with E-state index >= 15 is 0 Å². The quantitative estimate of drug-likeness (QED) is 0.305. The monoisotopic (exact) mass is 548 g/mol. The molecule has 4 heterocycles. The average molecular weight is 549 g/mol. The van der Waals surface area contributed by atoms with E-state index in [4.69, 9.17) is 0 Å². The fourth-order valence-electron chi connectivity index (χ4n) is 4.13. The van der Waals surface area contributed by atoms with Crippen molar-refractivity contribution >= 4 is 50.7 Å². The van der Waals surface area contributed by atoms with Crippen LogP contribution in [-0.2, 0) is 4.79 Å². The molecule has 3 aromatic heterocycles. The summed E-state index contributed by atoms with van der Waals surface area (Å²) >= 11 is 1.24.